The van der Waals surface area contributed by atoms with Gasteiger partial charge in [0.1, 0.15) is 5.76 Å². The van der Waals surface area contributed by atoms with E-state index in [0.717, 1.165) is 17.7 Å². The van der Waals surface area contributed by atoms with Crippen molar-refractivity contribution >= 4 is 10.0 Å². The molecule has 0 radical (unpaired) electrons. The maximum atomic E-state index is 11.9. The number of nitrogens with one attached hydrogen (secondary N) is 1. The van der Waals surface area contributed by atoms with E-state index in [1.807, 2.05) is 13.0 Å². The lowest BCUT2D eigenvalue weighted by molar-refractivity contribution is 0.579. The van der Waals surface area contributed by atoms with Crippen LogP contribution in [0, 0.1) is 0 Å². The zero-order valence-electron chi connectivity index (χ0n) is 10.1. The Bertz CT molecular complexity index is 586. The van der Waals surface area contributed by atoms with E-state index in [9.17, 15) is 8.42 Å². The molecule has 1 heterocycles. The van der Waals surface area contributed by atoms with Gasteiger partial charge in [-0.2, -0.15) is 0 Å². The molecule has 1 aromatic carbocycles. The molecule has 0 amide bonds. The summed E-state index contributed by atoms with van der Waals surface area (Å²) < 4.78 is 31.5. The summed E-state index contributed by atoms with van der Waals surface area (Å²) in [4.78, 5) is 0.270. The van der Waals surface area contributed by atoms with Crippen LogP contribution >= 0.6 is 0 Å². The summed E-state index contributed by atoms with van der Waals surface area (Å²) in [6.45, 7) is 2.37. The molecule has 5 heteroatoms. The lowest BCUT2D eigenvalue weighted by Gasteiger charge is -2.05. The van der Waals surface area contributed by atoms with E-state index in [-0.39, 0.29) is 4.90 Å². The monoisotopic (exact) mass is 265 g/mol. The molecule has 0 fully saturated rings. The molecule has 2 rings (SSSR count). The Morgan fingerprint density at radius 1 is 1.17 bits per heavy atom. The van der Waals surface area contributed by atoms with E-state index >= 15 is 0 Å². The van der Waals surface area contributed by atoms with Crippen LogP contribution in [0.2, 0.25) is 0 Å². The predicted octanol–water partition coefficient (Wildman–Crippen LogP) is 2.63. The Morgan fingerprint density at radius 2 is 1.89 bits per heavy atom. The van der Waals surface area contributed by atoms with Crippen molar-refractivity contribution in [2.45, 2.75) is 18.2 Å². The van der Waals surface area contributed by atoms with Crippen LogP contribution in [-0.4, -0.2) is 15.0 Å². The summed E-state index contributed by atoms with van der Waals surface area (Å²) in [7, 11) is -3.39. The number of hydrogen-bond acceptors (Lipinski definition) is 3. The van der Waals surface area contributed by atoms with Gasteiger partial charge in [0.2, 0.25) is 10.0 Å². The van der Waals surface area contributed by atoms with E-state index in [2.05, 4.69) is 4.72 Å². The smallest absolute Gasteiger partial charge is 0.240 e. The number of rotatable bonds is 5. The minimum Gasteiger partial charge on any atom is -0.464 e. The first-order valence-corrected chi connectivity index (χ1v) is 7.25. The van der Waals surface area contributed by atoms with Crippen molar-refractivity contribution in [2.75, 3.05) is 6.54 Å². The fraction of sp³-hybridized carbons (Fsp3) is 0.231. The summed E-state index contributed by atoms with van der Waals surface area (Å²) in [6.07, 6.45) is 2.35. The fourth-order valence-electron chi connectivity index (χ4n) is 1.56. The second kappa shape index (κ2) is 5.37. The molecule has 0 aliphatic carbocycles. The Labute approximate surface area is 107 Å². The summed E-state index contributed by atoms with van der Waals surface area (Å²) in [5, 5.41) is 0. The van der Waals surface area contributed by atoms with Crippen molar-refractivity contribution in [2.24, 2.45) is 0 Å². The van der Waals surface area contributed by atoms with Crippen LogP contribution in [0.15, 0.2) is 52.0 Å². The van der Waals surface area contributed by atoms with Crippen molar-refractivity contribution in [3.63, 3.8) is 0 Å². The molecule has 0 unspecified atom stereocenters. The highest BCUT2D eigenvalue weighted by Gasteiger charge is 2.12. The maximum Gasteiger partial charge on any atom is 0.240 e. The van der Waals surface area contributed by atoms with E-state index in [1.54, 1.807) is 36.6 Å². The van der Waals surface area contributed by atoms with Gasteiger partial charge in [0.05, 0.1) is 11.2 Å². The van der Waals surface area contributed by atoms with Gasteiger partial charge >= 0.3 is 0 Å². The summed E-state index contributed by atoms with van der Waals surface area (Å²) in [5.41, 5.74) is 0.856. The van der Waals surface area contributed by atoms with Gasteiger partial charge in [-0.15, -0.1) is 0 Å². The zero-order chi connectivity index (χ0) is 13.0. The van der Waals surface area contributed by atoms with Gasteiger partial charge in [0.25, 0.3) is 0 Å². The normalized spacial score (nSPS) is 11.6. The van der Waals surface area contributed by atoms with Crippen LogP contribution in [0.25, 0.3) is 11.3 Å². The van der Waals surface area contributed by atoms with Crippen LogP contribution < -0.4 is 4.72 Å². The molecule has 4 nitrogen and oxygen atoms in total. The molecule has 2 aromatic rings. The number of benzene rings is 1. The third-order valence-electron chi connectivity index (χ3n) is 2.51. The molecule has 0 spiro atoms. The minimum absolute atomic E-state index is 0.270. The Kier molecular flexibility index (Phi) is 3.84. The third-order valence-corrected chi connectivity index (χ3v) is 3.99. The minimum atomic E-state index is -3.39. The lowest BCUT2D eigenvalue weighted by Crippen LogP contribution is -2.24. The Balaban J connectivity index is 2.22. The molecule has 1 aromatic heterocycles. The molecule has 18 heavy (non-hydrogen) atoms. The fourth-order valence-corrected chi connectivity index (χ4v) is 2.69. The first-order valence-electron chi connectivity index (χ1n) is 5.77. The molecule has 0 saturated heterocycles. The third kappa shape index (κ3) is 2.80. The van der Waals surface area contributed by atoms with Crippen molar-refractivity contribution < 1.29 is 12.8 Å². The van der Waals surface area contributed by atoms with E-state index in [4.69, 9.17) is 4.42 Å². The first-order chi connectivity index (χ1) is 8.63. The quantitative estimate of drug-likeness (QED) is 0.904. The van der Waals surface area contributed by atoms with Crippen LogP contribution in [0.5, 0.6) is 0 Å². The molecular formula is C13H15NO3S. The van der Waals surface area contributed by atoms with Gasteiger partial charge in [0, 0.05) is 12.1 Å². The highest BCUT2D eigenvalue weighted by molar-refractivity contribution is 7.89. The molecule has 1 N–H and O–H groups in total. The van der Waals surface area contributed by atoms with Crippen LogP contribution in [0.1, 0.15) is 13.3 Å². The second-order valence-electron chi connectivity index (χ2n) is 3.90. The summed E-state index contributed by atoms with van der Waals surface area (Å²) >= 11 is 0. The van der Waals surface area contributed by atoms with Gasteiger partial charge < -0.3 is 4.42 Å². The van der Waals surface area contributed by atoms with Crippen LogP contribution in [0.3, 0.4) is 0 Å². The lowest BCUT2D eigenvalue weighted by atomic mass is 10.2. The Hall–Kier alpha value is -1.59. The highest BCUT2D eigenvalue weighted by Crippen LogP contribution is 2.21. The topological polar surface area (TPSA) is 59.3 Å². The van der Waals surface area contributed by atoms with E-state index < -0.39 is 10.0 Å². The van der Waals surface area contributed by atoms with Crippen molar-refractivity contribution in [3.05, 3.63) is 42.7 Å². The molecule has 0 atom stereocenters. The van der Waals surface area contributed by atoms with Gasteiger partial charge in [-0.05, 0) is 42.8 Å². The number of furan rings is 1. The van der Waals surface area contributed by atoms with Crippen molar-refractivity contribution in [1.29, 1.82) is 0 Å². The molecule has 96 valence electrons. The first kappa shape index (κ1) is 12.9. The van der Waals surface area contributed by atoms with Crippen molar-refractivity contribution in [3.8, 4) is 11.3 Å². The standard InChI is InChI=1S/C13H15NO3S/c1-2-9-14-18(15,16)12-7-5-11(6-8-12)13-4-3-10-17-13/h3-8,10,14H,2,9H2,1H3. The maximum absolute atomic E-state index is 11.9. The van der Waals surface area contributed by atoms with E-state index in [0.29, 0.717) is 6.54 Å². The molecule has 0 aliphatic rings. The summed E-state index contributed by atoms with van der Waals surface area (Å²) in [5.74, 6) is 0.723. The highest BCUT2D eigenvalue weighted by atomic mass is 32.2. The van der Waals surface area contributed by atoms with Crippen molar-refractivity contribution in [1.82, 2.24) is 4.72 Å². The Morgan fingerprint density at radius 3 is 2.44 bits per heavy atom. The summed E-state index contributed by atoms with van der Waals surface area (Å²) in [6, 6.07) is 10.3. The van der Waals surface area contributed by atoms with Crippen LogP contribution in [-0.2, 0) is 10.0 Å². The molecule has 0 bridgehead atoms. The second-order valence-corrected chi connectivity index (χ2v) is 5.67. The molecular weight excluding hydrogens is 250 g/mol. The number of hydrogen-bond donors (Lipinski definition) is 1. The predicted molar refractivity (Wildman–Crippen MR) is 69.6 cm³/mol. The number of sulfonamides is 1. The van der Waals surface area contributed by atoms with Gasteiger partial charge in [-0.3, -0.25) is 0 Å². The largest absolute Gasteiger partial charge is 0.464 e. The molecule has 0 saturated carbocycles. The SMILES string of the molecule is CCCNS(=O)(=O)c1ccc(-c2ccco2)cc1. The van der Waals surface area contributed by atoms with Gasteiger partial charge in [0.15, 0.2) is 0 Å². The van der Waals surface area contributed by atoms with E-state index in [1.165, 1.54) is 0 Å². The average Bonchev–Trinajstić information content (AvgIpc) is 2.90. The van der Waals surface area contributed by atoms with Gasteiger partial charge in [-0.1, -0.05) is 6.92 Å². The average molecular weight is 265 g/mol. The molecule has 0 aliphatic heterocycles. The zero-order valence-corrected chi connectivity index (χ0v) is 10.9. The van der Waals surface area contributed by atoms with Gasteiger partial charge in [-0.25, -0.2) is 13.1 Å². The van der Waals surface area contributed by atoms with Crippen LogP contribution in [0.4, 0.5) is 0 Å².